The Hall–Kier alpha value is -1.53. The largest absolute Gasteiger partial charge is 3.00 e. The molecule has 1 nitrogen and oxygen atoms in total. The first kappa shape index (κ1) is 37.5. The summed E-state index contributed by atoms with van der Waals surface area (Å²) in [5, 5.41) is 6.06. The number of benzene rings is 4. The fourth-order valence-electron chi connectivity index (χ4n) is 4.14. The van der Waals surface area contributed by atoms with Gasteiger partial charge >= 0.3 is 19.5 Å². The Morgan fingerprint density at radius 3 is 0.829 bits per heavy atom. The van der Waals surface area contributed by atoms with E-state index in [0.29, 0.717) is 0 Å². The van der Waals surface area contributed by atoms with Crippen molar-refractivity contribution in [2.24, 2.45) is 0 Å². The van der Waals surface area contributed by atoms with E-state index in [9.17, 15) is 0 Å². The third-order valence-electron chi connectivity index (χ3n) is 6.44. The third kappa shape index (κ3) is 15.0. The summed E-state index contributed by atoms with van der Waals surface area (Å²) in [7, 11) is -2.30. The van der Waals surface area contributed by atoms with Crippen molar-refractivity contribution in [3.8, 4) is 0 Å². The monoisotopic (exact) mass is 708 g/mol. The molecule has 41 heavy (non-hydrogen) atoms. The van der Waals surface area contributed by atoms with Gasteiger partial charge in [0.1, 0.15) is 6.79 Å². The quantitative estimate of drug-likeness (QED) is 0.119. The van der Waals surface area contributed by atoms with Crippen molar-refractivity contribution in [2.45, 2.75) is 51.4 Å². The molecule has 0 aliphatic carbocycles. The van der Waals surface area contributed by atoms with Crippen LogP contribution in [0.4, 0.5) is 0 Å². The average Bonchev–Trinajstić information content (AvgIpc) is 2.96. The zero-order valence-corrected chi connectivity index (χ0v) is 31.1. The fraction of sp³-hybridized carbons (Fsp3) is 0.286. The van der Waals surface area contributed by atoms with Crippen LogP contribution in [0.1, 0.15) is 4.28 Å². The molecule has 6 heteroatoms. The normalized spacial score (nSPS) is 11.0. The zero-order valence-electron chi connectivity index (χ0n) is 28.7. The van der Waals surface area contributed by atoms with Crippen molar-refractivity contribution in [1.82, 2.24) is 0 Å². The van der Waals surface area contributed by atoms with Crippen LogP contribution in [0.15, 0.2) is 121 Å². The maximum Gasteiger partial charge on any atom is 3.00 e. The van der Waals surface area contributed by atoms with E-state index in [-0.39, 0.29) is 39.6 Å². The molecule has 0 heterocycles. The summed E-state index contributed by atoms with van der Waals surface area (Å²) in [6.45, 7) is 16.8. The SMILES string of the molecule is C=O.C[Si](C)(C)CCP(c1ccccc1)c1ccccc1.C[Si](C)(C)CCP(c1ccccc1)c1ccccc1.[H-].[H-].[H-].[Rh+3]. The molecular weight excluding hydrogens is 657 g/mol. The van der Waals surface area contributed by atoms with Gasteiger partial charge in [0.15, 0.2) is 0 Å². The predicted octanol–water partition coefficient (Wildman–Crippen LogP) is 9.07. The molecule has 0 radical (unpaired) electrons. The summed E-state index contributed by atoms with van der Waals surface area (Å²) in [4.78, 5) is 8.00. The summed E-state index contributed by atoms with van der Waals surface area (Å²) in [5.74, 6) is 0. The van der Waals surface area contributed by atoms with Gasteiger partial charge in [-0.3, -0.25) is 0 Å². The molecule has 0 N–H and O–H groups in total. The topological polar surface area (TPSA) is 17.1 Å². The van der Waals surface area contributed by atoms with E-state index in [2.05, 4.69) is 161 Å². The zero-order chi connectivity index (χ0) is 29.4. The van der Waals surface area contributed by atoms with Gasteiger partial charge in [0.2, 0.25) is 0 Å². The van der Waals surface area contributed by atoms with Crippen LogP contribution in [0.25, 0.3) is 0 Å². The van der Waals surface area contributed by atoms with Gasteiger partial charge in [-0.15, -0.1) is 0 Å². The van der Waals surface area contributed by atoms with E-state index >= 15 is 0 Å². The van der Waals surface area contributed by atoms with Gasteiger partial charge in [0, 0.05) is 16.1 Å². The third-order valence-corrected chi connectivity index (χ3v) is 15.8. The molecule has 0 spiro atoms. The number of rotatable bonds is 10. The van der Waals surface area contributed by atoms with Crippen LogP contribution in [0.5, 0.6) is 0 Å². The first-order chi connectivity index (χ1) is 19.1. The average molecular weight is 709 g/mol. The molecule has 0 saturated heterocycles. The smallest absolute Gasteiger partial charge is 1.00 e. The van der Waals surface area contributed by atoms with E-state index < -0.39 is 16.1 Å². The standard InChI is InChI=1S/2C17H23PSi.CH2O.Rh.3H/c2*1-19(2,3)15-14-18(16-10-6-4-7-11-16)17-12-8-5-9-13-17;1-2;;;;/h2*4-13H,14-15H2,1-3H3;1H2;;;;/q;;;+3;3*-1. The molecule has 4 aromatic carbocycles. The van der Waals surface area contributed by atoms with E-state index in [4.69, 9.17) is 4.79 Å². The minimum absolute atomic E-state index is 0. The Balaban J connectivity index is -0.000000666. The van der Waals surface area contributed by atoms with Gasteiger partial charge in [-0.05, 0) is 49.4 Å². The molecule has 4 rings (SSSR count). The summed E-state index contributed by atoms with van der Waals surface area (Å²) in [6.07, 6.45) is 2.66. The van der Waals surface area contributed by atoms with Crippen LogP contribution in [-0.2, 0) is 24.3 Å². The summed E-state index contributed by atoms with van der Waals surface area (Å²) in [6, 6.07) is 47.0. The predicted molar refractivity (Wildman–Crippen MR) is 195 cm³/mol. The first-order valence-electron chi connectivity index (χ1n) is 14.2. The van der Waals surface area contributed by atoms with Crippen molar-refractivity contribution in [2.75, 3.05) is 12.3 Å². The van der Waals surface area contributed by atoms with Crippen LogP contribution in [0, 0.1) is 0 Å². The molecule has 0 unspecified atom stereocenters. The Bertz CT molecular complexity index is 1040. The van der Waals surface area contributed by atoms with Crippen LogP contribution < -0.4 is 21.2 Å². The molecule has 0 amide bonds. The van der Waals surface area contributed by atoms with Crippen molar-refractivity contribution >= 4 is 60.0 Å². The molecular formula is C35H51OP2RhSi2. The minimum Gasteiger partial charge on any atom is -1.00 e. The van der Waals surface area contributed by atoms with E-state index in [0.717, 1.165) is 0 Å². The summed E-state index contributed by atoms with van der Waals surface area (Å²) in [5.41, 5.74) is 0. The van der Waals surface area contributed by atoms with Crippen molar-refractivity contribution in [3.63, 3.8) is 0 Å². The van der Waals surface area contributed by atoms with Gasteiger partial charge in [0.05, 0.1) is 0 Å². The maximum absolute atomic E-state index is 8.00. The van der Waals surface area contributed by atoms with E-state index in [1.807, 2.05) is 6.79 Å². The number of hydrogen-bond acceptors (Lipinski definition) is 1. The van der Waals surface area contributed by atoms with Gasteiger partial charge in [-0.1, -0.05) is 173 Å². The maximum atomic E-state index is 8.00. The Morgan fingerprint density at radius 2 is 0.659 bits per heavy atom. The molecule has 0 saturated carbocycles. The van der Waals surface area contributed by atoms with Crippen LogP contribution in [-0.4, -0.2) is 35.3 Å². The second kappa shape index (κ2) is 19.6. The molecule has 0 aliphatic rings. The molecule has 0 aromatic heterocycles. The number of carbonyl (C=O) groups excluding carboxylic acids is 1. The van der Waals surface area contributed by atoms with Crippen molar-refractivity contribution in [3.05, 3.63) is 121 Å². The van der Waals surface area contributed by atoms with E-state index in [1.54, 1.807) is 0 Å². The molecule has 224 valence electrons. The van der Waals surface area contributed by atoms with Crippen LogP contribution in [0.2, 0.25) is 51.4 Å². The molecule has 0 aliphatic heterocycles. The van der Waals surface area contributed by atoms with Gasteiger partial charge in [-0.25, -0.2) is 0 Å². The summed E-state index contributed by atoms with van der Waals surface area (Å²) < 4.78 is 0. The minimum atomic E-state index is -0.970. The van der Waals surface area contributed by atoms with Gasteiger partial charge < -0.3 is 9.07 Å². The molecule has 4 aromatic rings. The molecule has 0 fully saturated rings. The second-order valence-corrected chi connectivity index (χ2v) is 28.2. The fourth-order valence-corrected chi connectivity index (χ4v) is 15.1. The Labute approximate surface area is 272 Å². The first-order valence-corrected chi connectivity index (χ1v) is 24.6. The van der Waals surface area contributed by atoms with Crippen LogP contribution in [0.3, 0.4) is 0 Å². The Kier molecular flexibility index (Phi) is 17.9. The number of carbonyl (C=O) groups is 1. The van der Waals surface area contributed by atoms with Crippen molar-refractivity contribution < 1.29 is 28.6 Å². The van der Waals surface area contributed by atoms with Crippen molar-refractivity contribution in [1.29, 1.82) is 0 Å². The second-order valence-electron chi connectivity index (χ2n) is 12.3. The molecule has 0 bridgehead atoms. The molecule has 0 atom stereocenters. The van der Waals surface area contributed by atoms with Gasteiger partial charge in [0.25, 0.3) is 0 Å². The van der Waals surface area contributed by atoms with Gasteiger partial charge in [-0.2, -0.15) is 0 Å². The van der Waals surface area contributed by atoms with E-state index in [1.165, 1.54) is 45.6 Å². The summed E-state index contributed by atoms with van der Waals surface area (Å²) >= 11 is 0. The van der Waals surface area contributed by atoms with Crippen LogP contribution >= 0.6 is 15.8 Å². The number of hydrogen-bond donors (Lipinski definition) is 0. The Morgan fingerprint density at radius 1 is 0.463 bits per heavy atom.